The average Bonchev–Trinajstić information content (AvgIpc) is 3.13. The van der Waals surface area contributed by atoms with Gasteiger partial charge in [0.15, 0.2) is 0 Å². The van der Waals surface area contributed by atoms with Crippen LogP contribution < -0.4 is 5.32 Å². The van der Waals surface area contributed by atoms with Gasteiger partial charge in [-0.1, -0.05) is 12.1 Å². The number of amides is 3. The Bertz CT molecular complexity index is 911. The maximum atomic E-state index is 12.6. The average molecular weight is 377 g/mol. The second-order valence-electron chi connectivity index (χ2n) is 7.39. The molecule has 0 aliphatic carbocycles. The third-order valence-corrected chi connectivity index (χ3v) is 5.03. The van der Waals surface area contributed by atoms with Gasteiger partial charge in [-0.25, -0.2) is 9.80 Å². The van der Waals surface area contributed by atoms with Gasteiger partial charge in [0.1, 0.15) is 0 Å². The van der Waals surface area contributed by atoms with E-state index in [1.807, 2.05) is 50.4 Å². The zero-order chi connectivity index (χ0) is 19.7. The van der Waals surface area contributed by atoms with Crippen molar-refractivity contribution in [2.45, 2.75) is 45.8 Å². The number of nitrogens with one attached hydrogen (secondary N) is 1. The first-order chi connectivity index (χ1) is 13.5. The highest BCUT2D eigenvalue weighted by atomic mass is 16.2. The maximum Gasteiger partial charge on any atom is 0.322 e. The van der Waals surface area contributed by atoms with Crippen LogP contribution in [-0.2, 0) is 17.9 Å². The summed E-state index contributed by atoms with van der Waals surface area (Å²) in [5, 5.41) is 9.00. The molecule has 144 valence electrons. The summed E-state index contributed by atoms with van der Waals surface area (Å²) in [6.07, 6.45) is 4.67. The van der Waals surface area contributed by atoms with Crippen LogP contribution in [0, 0.1) is 0 Å². The van der Waals surface area contributed by atoms with E-state index in [1.165, 1.54) is 0 Å². The minimum Gasteiger partial charge on any atom is -0.316 e. The minimum atomic E-state index is -0.129. The van der Waals surface area contributed by atoms with Gasteiger partial charge in [0.2, 0.25) is 5.91 Å². The summed E-state index contributed by atoms with van der Waals surface area (Å²) in [6, 6.07) is 9.48. The van der Waals surface area contributed by atoms with Gasteiger partial charge in [0, 0.05) is 50.1 Å². The summed E-state index contributed by atoms with van der Waals surface area (Å²) in [7, 11) is 0. The molecule has 0 bridgehead atoms. The molecule has 2 aromatic rings. The summed E-state index contributed by atoms with van der Waals surface area (Å²) in [5.74, 6) is 0.0597. The molecule has 1 aromatic carbocycles. The van der Waals surface area contributed by atoms with Crippen LogP contribution in [0.15, 0.2) is 47.8 Å². The van der Waals surface area contributed by atoms with E-state index in [1.54, 1.807) is 16.1 Å². The van der Waals surface area contributed by atoms with Gasteiger partial charge in [-0.05, 0) is 48.7 Å². The molecule has 0 saturated heterocycles. The first-order valence-electron chi connectivity index (χ1n) is 9.49. The number of hydrogen-bond donors (Lipinski definition) is 1. The lowest BCUT2D eigenvalue weighted by molar-refractivity contribution is -0.133. The van der Waals surface area contributed by atoms with Crippen molar-refractivity contribution in [2.75, 3.05) is 5.32 Å². The van der Waals surface area contributed by atoms with Crippen molar-refractivity contribution < 1.29 is 9.59 Å². The quantitative estimate of drug-likeness (QED) is 0.891. The summed E-state index contributed by atoms with van der Waals surface area (Å²) in [6.45, 7) is 5.08. The molecule has 1 aromatic heterocycles. The molecule has 0 spiro atoms. The number of pyridine rings is 1. The smallest absolute Gasteiger partial charge is 0.316 e. The van der Waals surface area contributed by atoms with Crippen molar-refractivity contribution in [1.82, 2.24) is 14.9 Å². The molecule has 7 heteroatoms. The summed E-state index contributed by atoms with van der Waals surface area (Å²) in [5.41, 5.74) is 4.83. The Morgan fingerprint density at radius 3 is 2.54 bits per heavy atom. The van der Waals surface area contributed by atoms with Gasteiger partial charge < -0.3 is 10.2 Å². The van der Waals surface area contributed by atoms with Crippen LogP contribution in [0.2, 0.25) is 0 Å². The molecular formula is C21H23N5O2. The molecule has 7 nitrogen and oxygen atoms in total. The number of rotatable bonds is 3. The van der Waals surface area contributed by atoms with Crippen molar-refractivity contribution in [3.05, 3.63) is 59.4 Å². The van der Waals surface area contributed by atoms with Gasteiger partial charge in [-0.2, -0.15) is 5.10 Å². The number of anilines is 1. The molecule has 0 fully saturated rings. The Morgan fingerprint density at radius 1 is 1.07 bits per heavy atom. The lowest BCUT2D eigenvalue weighted by Crippen LogP contribution is -2.36. The van der Waals surface area contributed by atoms with Crippen LogP contribution in [0.1, 0.15) is 43.4 Å². The maximum absolute atomic E-state index is 12.6. The number of carbonyl (C=O) groups is 2. The monoisotopic (exact) mass is 377 g/mol. The normalized spacial score (nSPS) is 16.2. The predicted octanol–water partition coefficient (Wildman–Crippen LogP) is 3.36. The molecule has 2 aliphatic rings. The third-order valence-electron chi connectivity index (χ3n) is 5.03. The molecule has 2 aliphatic heterocycles. The molecule has 1 N–H and O–H groups in total. The predicted molar refractivity (Wildman–Crippen MR) is 107 cm³/mol. The van der Waals surface area contributed by atoms with Crippen molar-refractivity contribution in [2.24, 2.45) is 5.10 Å². The summed E-state index contributed by atoms with van der Waals surface area (Å²) >= 11 is 0. The van der Waals surface area contributed by atoms with E-state index in [-0.39, 0.29) is 18.0 Å². The van der Waals surface area contributed by atoms with Crippen LogP contribution in [0.5, 0.6) is 0 Å². The van der Waals surface area contributed by atoms with Crippen LogP contribution in [-0.4, -0.2) is 38.6 Å². The van der Waals surface area contributed by atoms with Gasteiger partial charge in [-0.15, -0.1) is 0 Å². The Labute approximate surface area is 164 Å². The fourth-order valence-corrected chi connectivity index (χ4v) is 3.49. The number of benzene rings is 1. The molecule has 3 amide bonds. The van der Waals surface area contributed by atoms with E-state index >= 15 is 0 Å². The molecule has 0 unspecified atom stereocenters. The Balaban J connectivity index is 1.42. The third kappa shape index (κ3) is 3.60. The van der Waals surface area contributed by atoms with Crippen molar-refractivity contribution >= 4 is 23.3 Å². The van der Waals surface area contributed by atoms with E-state index in [4.69, 9.17) is 0 Å². The Kier molecular flexibility index (Phi) is 4.81. The molecule has 4 rings (SSSR count). The van der Waals surface area contributed by atoms with Crippen molar-refractivity contribution in [1.29, 1.82) is 0 Å². The first kappa shape index (κ1) is 18.2. The number of carbonyl (C=O) groups excluding carboxylic acids is 2. The van der Waals surface area contributed by atoms with Crippen LogP contribution >= 0.6 is 0 Å². The zero-order valence-electron chi connectivity index (χ0n) is 16.1. The first-order valence-corrected chi connectivity index (χ1v) is 9.49. The number of hydrogen-bond acceptors (Lipinski definition) is 4. The number of nitrogens with zero attached hydrogens (tertiary/aromatic N) is 4. The molecule has 0 saturated carbocycles. The van der Waals surface area contributed by atoms with E-state index < -0.39 is 0 Å². The fraction of sp³-hybridized carbons (Fsp3) is 0.333. The van der Waals surface area contributed by atoms with E-state index in [0.29, 0.717) is 25.9 Å². The highest BCUT2D eigenvalue weighted by molar-refractivity contribution is 6.04. The van der Waals surface area contributed by atoms with Crippen LogP contribution in [0.4, 0.5) is 10.5 Å². The van der Waals surface area contributed by atoms with Gasteiger partial charge in [0.25, 0.3) is 0 Å². The van der Waals surface area contributed by atoms with Crippen LogP contribution in [0.3, 0.4) is 0 Å². The summed E-state index contributed by atoms with van der Waals surface area (Å²) < 4.78 is 0. The largest absolute Gasteiger partial charge is 0.322 e. The topological polar surface area (TPSA) is 77.9 Å². The lowest BCUT2D eigenvalue weighted by Gasteiger charge is -2.26. The van der Waals surface area contributed by atoms with Crippen LogP contribution in [0.25, 0.3) is 0 Å². The second kappa shape index (κ2) is 7.42. The zero-order valence-corrected chi connectivity index (χ0v) is 16.1. The Hall–Kier alpha value is -3.22. The van der Waals surface area contributed by atoms with Gasteiger partial charge in [-0.3, -0.25) is 9.78 Å². The Morgan fingerprint density at radius 2 is 1.82 bits per heavy atom. The van der Waals surface area contributed by atoms with E-state index in [9.17, 15) is 9.59 Å². The molecule has 0 radical (unpaired) electrons. The standard InChI is InChI=1S/C21H23N5O2/c1-14(2)26-20(27)8-7-19(24-26)15-3-5-18(6-4-15)23-21(28)25-12-16-9-10-22-11-17(16)13-25/h3-6,9-11,14H,7-8,12-13H2,1-2H3,(H,23,28). The van der Waals surface area contributed by atoms with Crippen molar-refractivity contribution in [3.63, 3.8) is 0 Å². The molecule has 3 heterocycles. The highest BCUT2D eigenvalue weighted by Gasteiger charge is 2.24. The SMILES string of the molecule is CC(C)N1N=C(c2ccc(NC(=O)N3Cc4ccncc4C3)cc2)CCC1=O. The molecule has 0 atom stereocenters. The number of hydrazone groups is 1. The van der Waals surface area contributed by atoms with Crippen molar-refractivity contribution in [3.8, 4) is 0 Å². The lowest BCUT2D eigenvalue weighted by atomic mass is 10.0. The molecule has 28 heavy (non-hydrogen) atoms. The van der Waals surface area contributed by atoms with E-state index in [2.05, 4.69) is 15.4 Å². The molecular weight excluding hydrogens is 354 g/mol. The minimum absolute atomic E-state index is 0.0427. The van der Waals surface area contributed by atoms with Gasteiger partial charge in [0.05, 0.1) is 5.71 Å². The van der Waals surface area contributed by atoms with E-state index in [0.717, 1.165) is 28.1 Å². The number of aromatic nitrogens is 1. The second-order valence-corrected chi connectivity index (χ2v) is 7.39. The fourth-order valence-electron chi connectivity index (χ4n) is 3.49. The number of fused-ring (bicyclic) bond motifs is 1. The van der Waals surface area contributed by atoms with Gasteiger partial charge >= 0.3 is 6.03 Å². The highest BCUT2D eigenvalue weighted by Crippen LogP contribution is 2.23. The number of urea groups is 1. The summed E-state index contributed by atoms with van der Waals surface area (Å²) in [4.78, 5) is 30.4.